The molecule has 1 saturated carbocycles. The number of benzene rings is 1. The highest BCUT2D eigenvalue weighted by atomic mass is 35.5. The summed E-state index contributed by atoms with van der Waals surface area (Å²) in [7, 11) is 0. The summed E-state index contributed by atoms with van der Waals surface area (Å²) < 4.78 is 5.83. The third kappa shape index (κ3) is 5.22. The normalized spacial score (nSPS) is 22.7. The number of nitrogens with zero attached hydrogens (tertiary/aromatic N) is 2. The number of aromatic nitrogens is 2. The monoisotopic (exact) mass is 494 g/mol. The average Bonchev–Trinajstić information content (AvgIpc) is 3.27. The van der Waals surface area contributed by atoms with Crippen LogP contribution in [0.5, 0.6) is 0 Å². The highest BCUT2D eigenvalue weighted by Gasteiger charge is 2.46. The number of amides is 1. The maximum absolute atomic E-state index is 13.4. The van der Waals surface area contributed by atoms with Crippen LogP contribution in [0.2, 0.25) is 5.02 Å². The van der Waals surface area contributed by atoms with Gasteiger partial charge in [-0.2, -0.15) is 0 Å². The van der Waals surface area contributed by atoms with Gasteiger partial charge in [0, 0.05) is 46.6 Å². The lowest BCUT2D eigenvalue weighted by molar-refractivity contribution is -0.0179. The summed E-state index contributed by atoms with van der Waals surface area (Å²) in [5.41, 5.74) is 1.76. The van der Waals surface area contributed by atoms with Gasteiger partial charge in [-0.25, -0.2) is 9.78 Å². The molecule has 0 unspecified atom stereocenters. The molecule has 1 aromatic carbocycles. The second-order valence-electron chi connectivity index (χ2n) is 11.2. The molecule has 35 heavy (non-hydrogen) atoms. The van der Waals surface area contributed by atoms with Gasteiger partial charge in [0.25, 0.3) is 0 Å². The third-order valence-corrected chi connectivity index (χ3v) is 7.56. The van der Waals surface area contributed by atoms with Crippen LogP contribution in [0.25, 0.3) is 11.0 Å². The van der Waals surface area contributed by atoms with E-state index in [0.29, 0.717) is 17.3 Å². The number of fused-ring (bicyclic) bond motifs is 1. The maximum atomic E-state index is 13.4. The van der Waals surface area contributed by atoms with Crippen LogP contribution in [0.1, 0.15) is 71.4 Å². The number of H-pyrrole nitrogens is 1. The van der Waals surface area contributed by atoms with Gasteiger partial charge >= 0.3 is 6.09 Å². The molecular formula is C28H35ClN4O2. The number of hydrogen-bond acceptors (Lipinski definition) is 4. The summed E-state index contributed by atoms with van der Waals surface area (Å²) in [6.07, 6.45) is 6.20. The molecule has 1 amide bonds. The van der Waals surface area contributed by atoms with Crippen LogP contribution in [0.4, 0.5) is 4.79 Å². The van der Waals surface area contributed by atoms with Crippen LogP contribution in [-0.2, 0) is 11.3 Å². The molecule has 1 fully saturated rings. The molecule has 1 aliphatic carbocycles. The fourth-order valence-electron chi connectivity index (χ4n) is 4.96. The number of halogens is 1. The minimum atomic E-state index is -0.576. The molecule has 0 saturated heterocycles. The fourth-order valence-corrected chi connectivity index (χ4v) is 5.20. The molecule has 2 aromatic heterocycles. The Morgan fingerprint density at radius 3 is 2.43 bits per heavy atom. The van der Waals surface area contributed by atoms with Gasteiger partial charge in [-0.15, -0.1) is 0 Å². The lowest BCUT2D eigenvalue weighted by Crippen LogP contribution is -2.54. The number of ether oxygens (including phenoxy) is 1. The Morgan fingerprint density at radius 2 is 1.80 bits per heavy atom. The Labute approximate surface area is 212 Å². The summed E-state index contributed by atoms with van der Waals surface area (Å²) in [5, 5.41) is 10.5. The molecule has 1 aliphatic rings. The molecule has 0 radical (unpaired) electrons. The van der Waals surface area contributed by atoms with Crippen LogP contribution in [-0.4, -0.2) is 37.8 Å². The van der Waals surface area contributed by atoms with Crippen LogP contribution in [0.3, 0.4) is 0 Å². The predicted molar refractivity (Wildman–Crippen MR) is 141 cm³/mol. The van der Waals surface area contributed by atoms with Crippen molar-refractivity contribution in [3.63, 3.8) is 0 Å². The zero-order chi connectivity index (χ0) is 25.4. The first kappa shape index (κ1) is 25.2. The molecule has 0 atom stereocenters. The minimum absolute atomic E-state index is 0.297. The van der Waals surface area contributed by atoms with Crippen LogP contribution >= 0.6 is 11.6 Å². The van der Waals surface area contributed by atoms with Crippen molar-refractivity contribution in [3.8, 4) is 0 Å². The zero-order valence-electron chi connectivity index (χ0n) is 21.2. The molecule has 0 aliphatic heterocycles. The second kappa shape index (κ2) is 9.30. The van der Waals surface area contributed by atoms with Gasteiger partial charge in [-0.3, -0.25) is 4.90 Å². The van der Waals surface area contributed by atoms with Gasteiger partial charge in [-0.1, -0.05) is 48.9 Å². The summed E-state index contributed by atoms with van der Waals surface area (Å²) in [5.74, 6) is 0. The van der Waals surface area contributed by atoms with E-state index in [0.717, 1.165) is 47.8 Å². The third-order valence-electron chi connectivity index (χ3n) is 7.27. The summed E-state index contributed by atoms with van der Waals surface area (Å²) >= 11 is 6.55. The van der Waals surface area contributed by atoms with Crippen molar-refractivity contribution in [1.82, 2.24) is 14.9 Å². The smallest absolute Gasteiger partial charge is 0.411 e. The number of carbonyl (C=O) groups is 1. The van der Waals surface area contributed by atoms with Crippen molar-refractivity contribution in [2.45, 2.75) is 78.0 Å². The molecule has 0 spiro atoms. The quantitative estimate of drug-likeness (QED) is 0.363. The van der Waals surface area contributed by atoms with Gasteiger partial charge in [0.2, 0.25) is 0 Å². The van der Waals surface area contributed by atoms with E-state index in [1.54, 1.807) is 6.20 Å². The van der Waals surface area contributed by atoms with E-state index in [1.807, 2.05) is 68.3 Å². The number of carbonyl (C=O) groups excluding carboxylic acids is 1. The Kier molecular flexibility index (Phi) is 6.71. The molecule has 7 heteroatoms. The number of rotatable bonds is 5. The van der Waals surface area contributed by atoms with Crippen LogP contribution in [0, 0.1) is 10.8 Å². The highest BCUT2D eigenvalue weighted by Crippen LogP contribution is 2.47. The van der Waals surface area contributed by atoms with E-state index < -0.39 is 5.60 Å². The Bertz CT molecular complexity index is 1220. The van der Waals surface area contributed by atoms with E-state index in [-0.39, 0.29) is 17.0 Å². The van der Waals surface area contributed by atoms with Crippen molar-refractivity contribution in [2.24, 2.45) is 5.41 Å². The van der Waals surface area contributed by atoms with Gasteiger partial charge in [0.15, 0.2) is 0 Å². The second-order valence-corrected chi connectivity index (χ2v) is 11.6. The Hall–Kier alpha value is -2.86. The lowest BCUT2D eigenvalue weighted by Gasteiger charge is -2.49. The van der Waals surface area contributed by atoms with Crippen molar-refractivity contribution in [3.05, 3.63) is 64.9 Å². The largest absolute Gasteiger partial charge is 0.444 e. The Balaban J connectivity index is 1.59. The minimum Gasteiger partial charge on any atom is -0.444 e. The molecule has 0 bridgehead atoms. The fraction of sp³-hybridized carbons (Fsp3) is 0.464. The number of hydrogen-bond donors (Lipinski definition) is 2. The van der Waals surface area contributed by atoms with Gasteiger partial charge in [0.05, 0.1) is 5.02 Å². The van der Waals surface area contributed by atoms with Crippen LogP contribution in [0.15, 0.2) is 48.8 Å². The van der Waals surface area contributed by atoms with Crippen molar-refractivity contribution >= 4 is 34.4 Å². The molecule has 186 valence electrons. The number of pyridine rings is 1. The molecule has 3 aromatic rings. The van der Waals surface area contributed by atoms with E-state index in [2.05, 4.69) is 23.8 Å². The first-order chi connectivity index (χ1) is 16.4. The Morgan fingerprint density at radius 1 is 1.14 bits per heavy atom. The van der Waals surface area contributed by atoms with Gasteiger partial charge in [0.1, 0.15) is 11.2 Å². The number of aromatic amines is 1. The van der Waals surface area contributed by atoms with Gasteiger partial charge < -0.3 is 15.1 Å². The zero-order valence-corrected chi connectivity index (χ0v) is 22.0. The number of nitrogens with one attached hydrogen (secondary N) is 2. The molecule has 4 rings (SSSR count). The topological polar surface area (TPSA) is 82.1 Å². The summed E-state index contributed by atoms with van der Waals surface area (Å²) in [6, 6.07) is 12.0. The summed E-state index contributed by atoms with van der Waals surface area (Å²) in [6.45, 7) is 10.5. The van der Waals surface area contributed by atoms with E-state index >= 15 is 0 Å². The predicted octanol–water partition coefficient (Wildman–Crippen LogP) is 7.36. The molecule has 2 heterocycles. The van der Waals surface area contributed by atoms with E-state index in [1.165, 1.54) is 0 Å². The van der Waals surface area contributed by atoms with Crippen molar-refractivity contribution in [2.75, 3.05) is 0 Å². The van der Waals surface area contributed by atoms with E-state index in [9.17, 15) is 4.79 Å². The van der Waals surface area contributed by atoms with Crippen molar-refractivity contribution in [1.29, 1.82) is 5.41 Å². The first-order valence-corrected chi connectivity index (χ1v) is 12.6. The van der Waals surface area contributed by atoms with E-state index in [4.69, 9.17) is 21.7 Å². The van der Waals surface area contributed by atoms with Gasteiger partial charge in [-0.05, 0) is 65.0 Å². The maximum Gasteiger partial charge on any atom is 0.411 e. The molecule has 2 N–H and O–H groups in total. The average molecular weight is 495 g/mol. The molecular weight excluding hydrogens is 460 g/mol. The molecule has 6 nitrogen and oxygen atoms in total. The van der Waals surface area contributed by atoms with Crippen LogP contribution < -0.4 is 0 Å². The summed E-state index contributed by atoms with van der Waals surface area (Å²) in [4.78, 5) is 22.7. The lowest BCUT2D eigenvalue weighted by atomic mass is 9.65. The SMILES string of the molecule is CC(C)(C)OC(=O)N(Cc1ccccc1)C1(C)CCC(C)(C(=N)c2c(Cl)cnc3[nH]ccc23)CC1. The van der Waals surface area contributed by atoms with Crippen molar-refractivity contribution < 1.29 is 9.53 Å². The highest BCUT2D eigenvalue weighted by molar-refractivity contribution is 6.36. The first-order valence-electron chi connectivity index (χ1n) is 12.2. The standard InChI is InChI=1S/C28H35ClN4O2/c1-26(2,3)35-25(34)33(18-19-9-7-6-8-10-19)28(5)14-12-27(4,13-15-28)23(30)22-20-11-16-31-24(20)32-17-21(22)29/h6-11,16-17,30H,12-15,18H2,1-5H3,(H,31,32).